The van der Waals surface area contributed by atoms with Crippen molar-refractivity contribution in [3.05, 3.63) is 35.2 Å². The molecule has 0 nitrogen and oxygen atoms in total. The van der Waals surface area contributed by atoms with Gasteiger partial charge in [0.05, 0.1) is 0 Å². The Balaban J connectivity index is 0.000000366. The Morgan fingerprint density at radius 1 is 0.882 bits per heavy atom. The minimum atomic E-state index is -2.14. The maximum atomic E-state index is 12.0. The van der Waals surface area contributed by atoms with Gasteiger partial charge < -0.3 is 0 Å². The summed E-state index contributed by atoms with van der Waals surface area (Å²) in [5.74, 6) is -8.83. The van der Waals surface area contributed by atoms with Gasteiger partial charge in [0.25, 0.3) is 0 Å². The monoisotopic (exact) mass is 274 g/mol. The molecule has 6 heteroatoms. The van der Waals surface area contributed by atoms with Gasteiger partial charge in [-0.15, -0.1) is 11.6 Å². The van der Waals surface area contributed by atoms with Crippen LogP contribution in [0.5, 0.6) is 0 Å². The van der Waals surface area contributed by atoms with Gasteiger partial charge in [0.15, 0.2) is 23.3 Å². The van der Waals surface area contributed by atoms with Gasteiger partial charge in [0.1, 0.15) is 0 Å². The molecule has 0 spiro atoms. The molecule has 0 unspecified atom stereocenters. The molecule has 17 heavy (non-hydrogen) atoms. The highest BCUT2D eigenvalue weighted by Gasteiger charge is 2.18. The molecule has 0 aromatic heterocycles. The molecule has 0 heterocycles. The van der Waals surface area contributed by atoms with Crippen LogP contribution in [0.3, 0.4) is 0 Å². The number of halogens is 6. The van der Waals surface area contributed by atoms with Crippen LogP contribution in [0.1, 0.15) is 26.2 Å². The summed E-state index contributed by atoms with van der Waals surface area (Å²) in [7, 11) is 0. The molecule has 1 aromatic carbocycles. The average Bonchev–Trinajstić information content (AvgIpc) is 2.32. The first kappa shape index (κ1) is 16.2. The normalized spacial score (nSPS) is 9.82. The molecule has 0 saturated carbocycles. The van der Waals surface area contributed by atoms with E-state index in [-0.39, 0.29) is 6.07 Å². The fourth-order valence-electron chi connectivity index (χ4n) is 0.889. The van der Waals surface area contributed by atoms with Gasteiger partial charge >= 0.3 is 0 Å². The summed E-state index contributed by atoms with van der Waals surface area (Å²) in [5.41, 5.74) is 0. The van der Waals surface area contributed by atoms with Gasteiger partial charge in [0, 0.05) is 11.9 Å². The maximum Gasteiger partial charge on any atom is 0.200 e. The summed E-state index contributed by atoms with van der Waals surface area (Å²) in [6, 6.07) is -0.0618. The molecule has 0 saturated heterocycles. The van der Waals surface area contributed by atoms with Gasteiger partial charge in [-0.3, -0.25) is 0 Å². The molecule has 0 aliphatic rings. The van der Waals surface area contributed by atoms with Crippen molar-refractivity contribution in [3.63, 3.8) is 0 Å². The second-order valence-electron chi connectivity index (χ2n) is 3.18. The van der Waals surface area contributed by atoms with Crippen molar-refractivity contribution in [1.29, 1.82) is 0 Å². The summed E-state index contributed by atoms with van der Waals surface area (Å²) < 4.78 is 60.0. The lowest BCUT2D eigenvalue weighted by molar-refractivity contribution is 0.378. The van der Waals surface area contributed by atoms with E-state index in [1.54, 1.807) is 0 Å². The second kappa shape index (κ2) is 8.28. The summed E-state index contributed by atoms with van der Waals surface area (Å²) in [5, 5.41) is 0. The molecule has 0 radical (unpaired) electrons. The van der Waals surface area contributed by atoms with E-state index < -0.39 is 29.1 Å². The molecule has 0 N–H and O–H groups in total. The SMILES string of the molecule is CCCCCCl.Fc1cc(F)c(F)c(F)c1F. The van der Waals surface area contributed by atoms with E-state index in [1.807, 2.05) is 0 Å². The molecule has 0 atom stereocenters. The summed E-state index contributed by atoms with van der Waals surface area (Å²) in [6.07, 6.45) is 3.73. The number of hydrogen-bond donors (Lipinski definition) is 0. The third kappa shape index (κ3) is 5.35. The van der Waals surface area contributed by atoms with Crippen LogP contribution in [-0.4, -0.2) is 5.88 Å². The first-order valence-corrected chi connectivity index (χ1v) is 5.53. The van der Waals surface area contributed by atoms with Crippen LogP contribution in [0, 0.1) is 29.1 Å². The minimum absolute atomic E-state index is 0.0618. The standard InChI is InChI=1S/C6HF5.C5H11Cl/c7-2-1-3(8)5(10)6(11)4(2)9;1-2-3-4-5-6/h1H;2-5H2,1H3. The van der Waals surface area contributed by atoms with Crippen LogP contribution in [-0.2, 0) is 0 Å². The molecule has 1 rings (SSSR count). The smallest absolute Gasteiger partial charge is 0.200 e. The molecule has 0 amide bonds. The fraction of sp³-hybridized carbons (Fsp3) is 0.455. The Morgan fingerprint density at radius 2 is 1.35 bits per heavy atom. The van der Waals surface area contributed by atoms with Crippen LogP contribution in [0.25, 0.3) is 0 Å². The molecule has 0 bridgehead atoms. The number of hydrogen-bond acceptors (Lipinski definition) is 0. The number of benzene rings is 1. The Kier molecular flexibility index (Phi) is 7.87. The summed E-state index contributed by atoms with van der Waals surface area (Å²) in [6.45, 7) is 2.17. The van der Waals surface area contributed by atoms with Crippen LogP contribution < -0.4 is 0 Å². The maximum absolute atomic E-state index is 12.0. The molecule has 98 valence electrons. The Morgan fingerprint density at radius 3 is 1.65 bits per heavy atom. The zero-order valence-electron chi connectivity index (χ0n) is 9.17. The van der Waals surface area contributed by atoms with E-state index >= 15 is 0 Å². The highest BCUT2D eigenvalue weighted by molar-refractivity contribution is 6.17. The second-order valence-corrected chi connectivity index (χ2v) is 3.56. The van der Waals surface area contributed by atoms with E-state index in [0.717, 1.165) is 5.88 Å². The number of unbranched alkanes of at least 4 members (excludes halogenated alkanes) is 2. The zero-order valence-corrected chi connectivity index (χ0v) is 9.93. The lowest BCUT2D eigenvalue weighted by Gasteiger charge is -1.96. The van der Waals surface area contributed by atoms with E-state index in [9.17, 15) is 22.0 Å². The third-order valence-corrected chi connectivity index (χ3v) is 2.06. The van der Waals surface area contributed by atoms with Crippen molar-refractivity contribution in [2.24, 2.45) is 0 Å². The van der Waals surface area contributed by atoms with Gasteiger partial charge in [-0.1, -0.05) is 19.8 Å². The van der Waals surface area contributed by atoms with Crippen molar-refractivity contribution in [3.8, 4) is 0 Å². The van der Waals surface area contributed by atoms with Crippen LogP contribution in [0.2, 0.25) is 0 Å². The number of alkyl halides is 1. The third-order valence-electron chi connectivity index (χ3n) is 1.80. The van der Waals surface area contributed by atoms with E-state index in [2.05, 4.69) is 6.92 Å². The molecular formula is C11H12ClF5. The molecule has 0 aliphatic carbocycles. The lowest BCUT2D eigenvalue weighted by atomic mass is 10.3. The van der Waals surface area contributed by atoms with Crippen LogP contribution >= 0.6 is 11.6 Å². The highest BCUT2D eigenvalue weighted by Crippen LogP contribution is 2.16. The minimum Gasteiger partial charge on any atom is -0.204 e. The van der Waals surface area contributed by atoms with Crippen molar-refractivity contribution in [1.82, 2.24) is 0 Å². The molecule has 1 aromatic rings. The highest BCUT2D eigenvalue weighted by atomic mass is 35.5. The Labute approximate surface area is 101 Å². The molecule has 0 aliphatic heterocycles. The topological polar surface area (TPSA) is 0 Å². The fourth-order valence-corrected chi connectivity index (χ4v) is 1.08. The zero-order chi connectivity index (χ0) is 13.4. The van der Waals surface area contributed by atoms with Crippen molar-refractivity contribution in [2.45, 2.75) is 26.2 Å². The Bertz CT molecular complexity index is 324. The van der Waals surface area contributed by atoms with Crippen molar-refractivity contribution < 1.29 is 22.0 Å². The largest absolute Gasteiger partial charge is 0.204 e. The predicted octanol–water partition coefficient (Wildman–Crippen LogP) is 4.80. The molecular weight excluding hydrogens is 263 g/mol. The van der Waals surface area contributed by atoms with Gasteiger partial charge in [0.2, 0.25) is 5.82 Å². The van der Waals surface area contributed by atoms with Crippen molar-refractivity contribution in [2.75, 3.05) is 5.88 Å². The van der Waals surface area contributed by atoms with Gasteiger partial charge in [-0.05, 0) is 6.42 Å². The van der Waals surface area contributed by atoms with Crippen LogP contribution in [0.15, 0.2) is 6.07 Å². The quantitative estimate of drug-likeness (QED) is 0.244. The number of rotatable bonds is 3. The van der Waals surface area contributed by atoms with E-state index in [4.69, 9.17) is 11.6 Å². The van der Waals surface area contributed by atoms with E-state index in [1.165, 1.54) is 19.3 Å². The predicted molar refractivity (Wildman–Crippen MR) is 56.5 cm³/mol. The molecule has 0 fully saturated rings. The summed E-state index contributed by atoms with van der Waals surface area (Å²) in [4.78, 5) is 0. The van der Waals surface area contributed by atoms with E-state index in [0.29, 0.717) is 0 Å². The summed E-state index contributed by atoms with van der Waals surface area (Å²) >= 11 is 5.38. The van der Waals surface area contributed by atoms with Gasteiger partial charge in [-0.2, -0.15) is 0 Å². The van der Waals surface area contributed by atoms with Crippen molar-refractivity contribution >= 4 is 11.6 Å². The van der Waals surface area contributed by atoms with Crippen LogP contribution in [0.4, 0.5) is 22.0 Å². The average molecular weight is 275 g/mol. The van der Waals surface area contributed by atoms with Gasteiger partial charge in [-0.25, -0.2) is 22.0 Å². The first-order chi connectivity index (χ1) is 7.95. The Hall–Kier alpha value is -0.840. The lowest BCUT2D eigenvalue weighted by Crippen LogP contribution is -1.98. The first-order valence-electron chi connectivity index (χ1n) is 5.00.